The summed E-state index contributed by atoms with van der Waals surface area (Å²) in [6.07, 6.45) is 0.816. The molecule has 1 fully saturated rings. The number of Topliss-reactive ketones (excluding diaryl/α,β-unsaturated/α-hetero) is 2. The van der Waals surface area contributed by atoms with Crippen molar-refractivity contribution in [1.29, 1.82) is 0 Å². The summed E-state index contributed by atoms with van der Waals surface area (Å²) in [5, 5.41) is 40.0. The van der Waals surface area contributed by atoms with E-state index >= 15 is 0 Å². The largest absolute Gasteiger partial charge is 0.396 e. The summed E-state index contributed by atoms with van der Waals surface area (Å²) < 4.78 is 5.63. The Kier molecular flexibility index (Phi) is 8.56. The van der Waals surface area contributed by atoms with Gasteiger partial charge in [0.1, 0.15) is 17.2 Å². The van der Waals surface area contributed by atoms with Gasteiger partial charge in [0.25, 0.3) is 0 Å². The van der Waals surface area contributed by atoms with Crippen LogP contribution in [0.5, 0.6) is 0 Å². The number of rotatable bonds is 12. The summed E-state index contributed by atoms with van der Waals surface area (Å²) in [6.45, 7) is 5.79. The van der Waals surface area contributed by atoms with E-state index in [4.69, 9.17) is 4.74 Å². The summed E-state index contributed by atoms with van der Waals surface area (Å²) in [7, 11) is 0. The van der Waals surface area contributed by atoms with Gasteiger partial charge in [-0.25, -0.2) is 0 Å². The normalized spacial score (nSPS) is 28.4. The van der Waals surface area contributed by atoms with E-state index in [2.05, 4.69) is 0 Å². The van der Waals surface area contributed by atoms with Crippen LogP contribution in [0.4, 0.5) is 0 Å². The summed E-state index contributed by atoms with van der Waals surface area (Å²) in [5.74, 6) is -3.34. The SMILES string of the molecule is C/C=C\[C@H](C)[C@H]1O[C@@]1(C)[C@@H](O)[C@@H](CO)C(=O)[C@@H](CO)[C@H](O)CC(=O)CC. The average Bonchev–Trinajstić information content (AvgIpc) is 3.29. The molecular weight excluding hydrogens is 340 g/mol. The fourth-order valence-corrected chi connectivity index (χ4v) is 3.45. The molecule has 1 rings (SSSR count). The van der Waals surface area contributed by atoms with E-state index in [1.807, 2.05) is 26.0 Å². The van der Waals surface area contributed by atoms with Gasteiger partial charge < -0.3 is 25.2 Å². The predicted molar refractivity (Wildman–Crippen MR) is 95.3 cm³/mol. The minimum Gasteiger partial charge on any atom is -0.396 e. The Bertz CT molecular complexity index is 518. The fourth-order valence-electron chi connectivity index (χ4n) is 3.45. The molecule has 1 heterocycles. The van der Waals surface area contributed by atoms with E-state index < -0.39 is 48.6 Å². The number of carbonyl (C=O) groups excluding carboxylic acids is 2. The summed E-state index contributed by atoms with van der Waals surface area (Å²) >= 11 is 0. The first-order chi connectivity index (χ1) is 12.2. The molecule has 0 aromatic rings. The van der Waals surface area contributed by atoms with Crippen molar-refractivity contribution in [2.24, 2.45) is 17.8 Å². The van der Waals surface area contributed by atoms with Crippen LogP contribution in [0.15, 0.2) is 12.2 Å². The number of hydrogen-bond acceptors (Lipinski definition) is 7. The second-order valence-corrected chi connectivity index (χ2v) is 7.20. The molecule has 0 spiro atoms. The van der Waals surface area contributed by atoms with Gasteiger partial charge in [-0.05, 0) is 13.8 Å². The first-order valence-electron chi connectivity index (χ1n) is 9.11. The topological polar surface area (TPSA) is 128 Å². The lowest BCUT2D eigenvalue weighted by Gasteiger charge is -2.28. The van der Waals surface area contributed by atoms with E-state index in [9.17, 15) is 30.0 Å². The van der Waals surface area contributed by atoms with Gasteiger partial charge in [0.15, 0.2) is 0 Å². The van der Waals surface area contributed by atoms with Crippen molar-refractivity contribution in [3.05, 3.63) is 12.2 Å². The molecule has 0 aromatic heterocycles. The van der Waals surface area contributed by atoms with Gasteiger partial charge in [-0.2, -0.15) is 0 Å². The highest BCUT2D eigenvalue weighted by molar-refractivity contribution is 5.86. The van der Waals surface area contributed by atoms with Crippen LogP contribution >= 0.6 is 0 Å². The van der Waals surface area contributed by atoms with Gasteiger partial charge in [-0.15, -0.1) is 0 Å². The minimum absolute atomic E-state index is 0.0236. The maximum absolute atomic E-state index is 12.7. The minimum atomic E-state index is -1.35. The van der Waals surface area contributed by atoms with Crippen molar-refractivity contribution in [3.8, 4) is 0 Å². The zero-order valence-electron chi connectivity index (χ0n) is 16.0. The molecule has 0 unspecified atom stereocenters. The van der Waals surface area contributed by atoms with Gasteiger partial charge in [0.2, 0.25) is 0 Å². The molecule has 1 aliphatic heterocycles. The Morgan fingerprint density at radius 2 is 1.77 bits per heavy atom. The Morgan fingerprint density at radius 1 is 1.19 bits per heavy atom. The van der Waals surface area contributed by atoms with Crippen LogP contribution in [0.25, 0.3) is 0 Å². The van der Waals surface area contributed by atoms with E-state index in [-0.39, 0.29) is 30.6 Å². The third-order valence-electron chi connectivity index (χ3n) is 5.25. The van der Waals surface area contributed by atoms with Crippen molar-refractivity contribution in [1.82, 2.24) is 0 Å². The number of aliphatic hydroxyl groups is 4. The summed E-state index contributed by atoms with van der Waals surface area (Å²) in [6, 6.07) is 0. The van der Waals surface area contributed by atoms with Crippen LogP contribution in [0.1, 0.15) is 40.5 Å². The third kappa shape index (κ3) is 4.98. The van der Waals surface area contributed by atoms with E-state index in [0.717, 1.165) is 0 Å². The van der Waals surface area contributed by atoms with Gasteiger partial charge in [0.05, 0.1) is 43.4 Å². The third-order valence-corrected chi connectivity index (χ3v) is 5.25. The Balaban J connectivity index is 2.88. The standard InChI is InChI=1S/C19H32O7/c1-5-7-11(3)18-19(4,26-18)17(25)14(10-21)16(24)13(9-20)15(23)8-12(22)6-2/h5,7,11,13-15,17-18,20-21,23,25H,6,8-10H2,1-4H3/b7-5-/t11-,13-,14-,15+,17-,18+,19-/m0/s1. The molecule has 1 aliphatic rings. The van der Waals surface area contributed by atoms with Crippen LogP contribution in [0.3, 0.4) is 0 Å². The van der Waals surface area contributed by atoms with Gasteiger partial charge in [-0.1, -0.05) is 26.0 Å². The van der Waals surface area contributed by atoms with Gasteiger partial charge in [-0.3, -0.25) is 9.59 Å². The molecule has 0 radical (unpaired) electrons. The van der Waals surface area contributed by atoms with Crippen LogP contribution in [0.2, 0.25) is 0 Å². The molecule has 26 heavy (non-hydrogen) atoms. The Morgan fingerprint density at radius 3 is 2.23 bits per heavy atom. The molecule has 0 bridgehead atoms. The van der Waals surface area contributed by atoms with Crippen molar-refractivity contribution in [2.75, 3.05) is 13.2 Å². The molecular formula is C19H32O7. The molecule has 4 N–H and O–H groups in total. The summed E-state index contributed by atoms with van der Waals surface area (Å²) in [5.41, 5.74) is -0.994. The zero-order chi connectivity index (χ0) is 20.1. The van der Waals surface area contributed by atoms with Gasteiger partial charge in [0, 0.05) is 18.8 Å². The number of ether oxygens (including phenoxy) is 1. The lowest BCUT2D eigenvalue weighted by atomic mass is 9.79. The molecule has 0 aliphatic carbocycles. The van der Waals surface area contributed by atoms with Crippen LogP contribution < -0.4 is 0 Å². The van der Waals surface area contributed by atoms with Crippen molar-refractivity contribution in [2.45, 2.75) is 64.4 Å². The highest BCUT2D eigenvalue weighted by atomic mass is 16.6. The van der Waals surface area contributed by atoms with Gasteiger partial charge >= 0.3 is 0 Å². The number of ketones is 2. The molecule has 1 saturated heterocycles. The van der Waals surface area contributed by atoms with E-state index in [1.165, 1.54) is 0 Å². The van der Waals surface area contributed by atoms with E-state index in [0.29, 0.717) is 0 Å². The van der Waals surface area contributed by atoms with E-state index in [1.54, 1.807) is 13.8 Å². The number of hydrogen-bond donors (Lipinski definition) is 4. The monoisotopic (exact) mass is 372 g/mol. The Hall–Kier alpha value is -1.12. The molecule has 7 heteroatoms. The van der Waals surface area contributed by atoms with Crippen LogP contribution in [0, 0.1) is 17.8 Å². The molecule has 0 saturated carbocycles. The molecule has 7 nitrogen and oxygen atoms in total. The second-order valence-electron chi connectivity index (χ2n) is 7.20. The highest BCUT2D eigenvalue weighted by Crippen LogP contribution is 2.46. The van der Waals surface area contributed by atoms with Crippen molar-refractivity contribution < 1.29 is 34.8 Å². The summed E-state index contributed by atoms with van der Waals surface area (Å²) in [4.78, 5) is 24.2. The number of epoxide rings is 1. The maximum atomic E-state index is 12.7. The fraction of sp³-hybridized carbons (Fsp3) is 0.789. The first-order valence-corrected chi connectivity index (χ1v) is 9.11. The quantitative estimate of drug-likeness (QED) is 0.285. The van der Waals surface area contributed by atoms with Crippen molar-refractivity contribution >= 4 is 11.6 Å². The Labute approximate surface area is 154 Å². The smallest absolute Gasteiger partial charge is 0.148 e. The average molecular weight is 372 g/mol. The lowest BCUT2D eigenvalue weighted by molar-refractivity contribution is -0.140. The molecule has 150 valence electrons. The number of aliphatic hydroxyl groups excluding tert-OH is 4. The first kappa shape index (κ1) is 22.9. The molecule has 0 amide bonds. The van der Waals surface area contributed by atoms with Crippen LogP contribution in [-0.4, -0.2) is 69.1 Å². The second kappa shape index (κ2) is 9.71. The maximum Gasteiger partial charge on any atom is 0.148 e. The number of allylic oxidation sites excluding steroid dienone is 1. The predicted octanol–water partition coefficient (Wildman–Crippen LogP) is 0.233. The highest BCUT2D eigenvalue weighted by Gasteiger charge is 2.61. The molecule has 7 atom stereocenters. The lowest BCUT2D eigenvalue weighted by Crippen LogP contribution is -2.47. The van der Waals surface area contributed by atoms with Crippen molar-refractivity contribution in [3.63, 3.8) is 0 Å². The zero-order valence-corrected chi connectivity index (χ0v) is 16.0. The van der Waals surface area contributed by atoms with Crippen LogP contribution in [-0.2, 0) is 14.3 Å². The number of carbonyl (C=O) groups is 2. The molecule has 0 aromatic carbocycles.